The molecule has 2 aromatic rings. The van der Waals surface area contributed by atoms with Crippen LogP contribution in [-0.2, 0) is 32.0 Å². The molecule has 0 aliphatic carbocycles. The molecule has 148 valence electrons. The van der Waals surface area contributed by atoms with Crippen molar-refractivity contribution < 1.29 is 19.1 Å². The number of aryl methyl sites for hydroxylation is 1. The third-order valence-electron chi connectivity index (χ3n) is 4.34. The van der Waals surface area contributed by atoms with Crippen molar-refractivity contribution in [3.63, 3.8) is 0 Å². The molecule has 0 aromatic heterocycles. The van der Waals surface area contributed by atoms with Gasteiger partial charge in [0.15, 0.2) is 0 Å². The molecule has 0 radical (unpaired) electrons. The van der Waals surface area contributed by atoms with Crippen LogP contribution in [0.5, 0.6) is 0 Å². The van der Waals surface area contributed by atoms with Crippen molar-refractivity contribution >= 4 is 17.8 Å². The van der Waals surface area contributed by atoms with Crippen LogP contribution in [0.15, 0.2) is 54.6 Å². The lowest BCUT2D eigenvalue weighted by Gasteiger charge is -2.22. The molecule has 2 amide bonds. The van der Waals surface area contributed by atoms with E-state index in [-0.39, 0.29) is 5.91 Å². The summed E-state index contributed by atoms with van der Waals surface area (Å²) < 4.78 is 4.85. The minimum absolute atomic E-state index is 0.302. The number of hydrogen-bond acceptors (Lipinski definition) is 4. The Hall–Kier alpha value is -3.15. The molecule has 6 heteroatoms. The maximum absolute atomic E-state index is 12.8. The number of hydrogen-bond donors (Lipinski definition) is 2. The lowest BCUT2D eigenvalue weighted by atomic mass is 10.0. The highest BCUT2D eigenvalue weighted by Crippen LogP contribution is 2.09. The van der Waals surface area contributed by atoms with Crippen molar-refractivity contribution in [2.45, 2.75) is 38.8 Å². The lowest BCUT2D eigenvalue weighted by Crippen LogP contribution is -2.53. The minimum atomic E-state index is -0.841. The molecule has 0 saturated carbocycles. The highest BCUT2D eigenvalue weighted by molar-refractivity contribution is 5.90. The van der Waals surface area contributed by atoms with Crippen molar-refractivity contribution in [3.8, 4) is 0 Å². The molecule has 0 bridgehead atoms. The van der Waals surface area contributed by atoms with E-state index in [4.69, 9.17) is 4.74 Å². The number of benzene rings is 2. The molecule has 6 nitrogen and oxygen atoms in total. The monoisotopic (exact) mass is 382 g/mol. The van der Waals surface area contributed by atoms with E-state index >= 15 is 0 Å². The standard InChI is InChI=1S/C22H26N2O4/c1-15-9-11-18(12-10-15)14-20(22(27)28-3)24-21(26)19(23-16(2)25)13-17-7-5-4-6-8-17/h4-12,19-20H,13-14H2,1-3H3,(H,23,25)(H,24,26)/t19-,20+/m0/s1. The Morgan fingerprint density at radius 1 is 0.857 bits per heavy atom. The molecule has 28 heavy (non-hydrogen) atoms. The van der Waals surface area contributed by atoms with E-state index in [0.29, 0.717) is 12.8 Å². The molecule has 0 fully saturated rings. The van der Waals surface area contributed by atoms with Crippen molar-refractivity contribution in [2.75, 3.05) is 7.11 Å². The average molecular weight is 382 g/mol. The summed E-state index contributed by atoms with van der Waals surface area (Å²) in [5.41, 5.74) is 2.92. The summed E-state index contributed by atoms with van der Waals surface area (Å²) in [5, 5.41) is 5.39. The topological polar surface area (TPSA) is 84.5 Å². The number of methoxy groups -OCH3 is 1. The van der Waals surface area contributed by atoms with Crippen molar-refractivity contribution in [1.29, 1.82) is 0 Å². The van der Waals surface area contributed by atoms with Crippen LogP contribution in [0.1, 0.15) is 23.6 Å². The first kappa shape index (κ1) is 21.2. The van der Waals surface area contributed by atoms with E-state index in [9.17, 15) is 14.4 Å². The van der Waals surface area contributed by atoms with E-state index in [1.807, 2.05) is 61.5 Å². The Morgan fingerprint density at radius 2 is 1.43 bits per heavy atom. The van der Waals surface area contributed by atoms with Gasteiger partial charge in [-0.3, -0.25) is 9.59 Å². The minimum Gasteiger partial charge on any atom is -0.467 e. The largest absolute Gasteiger partial charge is 0.467 e. The highest BCUT2D eigenvalue weighted by atomic mass is 16.5. The van der Waals surface area contributed by atoms with E-state index in [0.717, 1.165) is 16.7 Å². The smallest absolute Gasteiger partial charge is 0.328 e. The molecule has 0 unspecified atom stereocenters. The van der Waals surface area contributed by atoms with Gasteiger partial charge in [-0.05, 0) is 18.1 Å². The Labute approximate surface area is 165 Å². The van der Waals surface area contributed by atoms with Crippen molar-refractivity contribution in [1.82, 2.24) is 10.6 Å². The number of rotatable bonds is 8. The fourth-order valence-electron chi connectivity index (χ4n) is 2.87. The van der Waals surface area contributed by atoms with Crippen LogP contribution in [-0.4, -0.2) is 37.0 Å². The maximum Gasteiger partial charge on any atom is 0.328 e. The SMILES string of the molecule is COC(=O)[C@@H](Cc1ccc(C)cc1)NC(=O)[C@H](Cc1ccccc1)NC(C)=O. The average Bonchev–Trinajstić information content (AvgIpc) is 2.68. The fraction of sp³-hybridized carbons (Fsp3) is 0.318. The fourth-order valence-corrected chi connectivity index (χ4v) is 2.87. The van der Waals surface area contributed by atoms with Gasteiger partial charge in [0.2, 0.25) is 11.8 Å². The Kier molecular flexibility index (Phi) is 7.75. The zero-order chi connectivity index (χ0) is 20.5. The third kappa shape index (κ3) is 6.54. The molecule has 2 N–H and O–H groups in total. The van der Waals surface area contributed by atoms with Crippen LogP contribution >= 0.6 is 0 Å². The molecule has 0 spiro atoms. The predicted molar refractivity (Wildman–Crippen MR) is 107 cm³/mol. The summed E-state index contributed by atoms with van der Waals surface area (Å²) in [6.07, 6.45) is 0.626. The van der Waals surface area contributed by atoms with Crippen LogP contribution in [0.25, 0.3) is 0 Å². The molecule has 0 saturated heterocycles. The van der Waals surface area contributed by atoms with Crippen LogP contribution in [0.3, 0.4) is 0 Å². The van der Waals surface area contributed by atoms with E-state index in [2.05, 4.69) is 10.6 Å². The lowest BCUT2D eigenvalue weighted by molar-refractivity contribution is -0.145. The molecular weight excluding hydrogens is 356 g/mol. The summed E-state index contributed by atoms with van der Waals surface area (Å²) in [6, 6.07) is 15.5. The summed E-state index contributed by atoms with van der Waals surface area (Å²) in [6.45, 7) is 3.33. The van der Waals surface area contributed by atoms with Gasteiger partial charge in [0.1, 0.15) is 12.1 Å². The molecule has 0 aliphatic heterocycles. The molecule has 2 atom stereocenters. The summed E-state index contributed by atoms with van der Waals surface area (Å²) in [5.74, 6) is -1.28. The maximum atomic E-state index is 12.8. The van der Waals surface area contributed by atoms with Crippen LogP contribution in [0, 0.1) is 6.92 Å². The number of carbonyl (C=O) groups is 3. The summed E-state index contributed by atoms with van der Waals surface area (Å²) in [7, 11) is 1.28. The van der Waals surface area contributed by atoms with Crippen LogP contribution in [0.4, 0.5) is 0 Å². The molecule has 2 rings (SSSR count). The first-order chi connectivity index (χ1) is 13.4. The zero-order valence-corrected chi connectivity index (χ0v) is 16.4. The van der Waals surface area contributed by atoms with E-state index in [1.54, 1.807) is 0 Å². The first-order valence-corrected chi connectivity index (χ1v) is 9.14. The third-order valence-corrected chi connectivity index (χ3v) is 4.34. The van der Waals surface area contributed by atoms with Gasteiger partial charge < -0.3 is 15.4 Å². The van der Waals surface area contributed by atoms with Gasteiger partial charge in [-0.1, -0.05) is 60.2 Å². The van der Waals surface area contributed by atoms with Gasteiger partial charge in [0, 0.05) is 19.8 Å². The van der Waals surface area contributed by atoms with Gasteiger partial charge >= 0.3 is 5.97 Å². The normalized spacial score (nSPS) is 12.5. The summed E-state index contributed by atoms with van der Waals surface area (Å²) in [4.78, 5) is 36.6. The zero-order valence-electron chi connectivity index (χ0n) is 16.4. The number of nitrogens with one attached hydrogen (secondary N) is 2. The number of amides is 2. The first-order valence-electron chi connectivity index (χ1n) is 9.14. The second-order valence-electron chi connectivity index (χ2n) is 6.72. The van der Waals surface area contributed by atoms with Gasteiger partial charge in [0.25, 0.3) is 0 Å². The highest BCUT2D eigenvalue weighted by Gasteiger charge is 2.27. The Bertz CT molecular complexity index is 803. The van der Waals surface area contributed by atoms with Gasteiger partial charge in [0.05, 0.1) is 7.11 Å². The quantitative estimate of drug-likeness (QED) is 0.684. The molecule has 2 aromatic carbocycles. The summed E-state index contributed by atoms with van der Waals surface area (Å²) >= 11 is 0. The van der Waals surface area contributed by atoms with E-state index in [1.165, 1.54) is 14.0 Å². The predicted octanol–water partition coefficient (Wildman–Crippen LogP) is 1.94. The molecule has 0 heterocycles. The van der Waals surface area contributed by atoms with Gasteiger partial charge in [-0.2, -0.15) is 0 Å². The van der Waals surface area contributed by atoms with Crippen molar-refractivity contribution in [3.05, 3.63) is 71.3 Å². The second-order valence-corrected chi connectivity index (χ2v) is 6.72. The molecular formula is C22H26N2O4. The Balaban J connectivity index is 2.14. The van der Waals surface area contributed by atoms with Crippen LogP contribution in [0.2, 0.25) is 0 Å². The van der Waals surface area contributed by atoms with Crippen molar-refractivity contribution in [2.24, 2.45) is 0 Å². The number of carbonyl (C=O) groups excluding carboxylic acids is 3. The van der Waals surface area contributed by atoms with Gasteiger partial charge in [-0.15, -0.1) is 0 Å². The number of esters is 1. The van der Waals surface area contributed by atoms with Crippen LogP contribution < -0.4 is 10.6 Å². The van der Waals surface area contributed by atoms with E-state index < -0.39 is 24.0 Å². The Morgan fingerprint density at radius 3 is 2.00 bits per heavy atom. The molecule has 0 aliphatic rings. The number of ether oxygens (including phenoxy) is 1. The second kappa shape index (κ2) is 10.3. The van der Waals surface area contributed by atoms with Gasteiger partial charge in [-0.25, -0.2) is 4.79 Å².